The van der Waals surface area contributed by atoms with E-state index >= 15 is 0 Å². The van der Waals surface area contributed by atoms with Gasteiger partial charge in [-0.3, -0.25) is 9.78 Å². The molecule has 0 unspecified atom stereocenters. The summed E-state index contributed by atoms with van der Waals surface area (Å²) >= 11 is 0. The number of pyridine rings is 1. The van der Waals surface area contributed by atoms with Crippen LogP contribution in [0.1, 0.15) is 52.5 Å². The molecule has 4 N–H and O–H groups in total. The Balaban J connectivity index is 2.05. The summed E-state index contributed by atoms with van der Waals surface area (Å²) in [6, 6.07) is 6.82. The van der Waals surface area contributed by atoms with Gasteiger partial charge in [0.2, 0.25) is 5.91 Å². The molecular weight excluding hydrogens is 501 g/mol. The molecule has 218 valence electrons. The Morgan fingerprint density at radius 3 is 2.44 bits per heavy atom. The lowest BCUT2D eigenvalue weighted by molar-refractivity contribution is -0.122. The van der Waals surface area contributed by atoms with E-state index in [2.05, 4.69) is 24.1 Å². The summed E-state index contributed by atoms with van der Waals surface area (Å²) in [4.78, 5) is 16.7. The molecule has 1 aromatic carbocycles. The number of benzene rings is 1. The van der Waals surface area contributed by atoms with Crippen LogP contribution in [-0.4, -0.2) is 55.6 Å². The van der Waals surface area contributed by atoms with Gasteiger partial charge in [-0.25, -0.2) is 4.39 Å². The molecule has 0 aliphatic rings. The van der Waals surface area contributed by atoms with Gasteiger partial charge in [0, 0.05) is 38.3 Å². The van der Waals surface area contributed by atoms with Gasteiger partial charge in [-0.05, 0) is 60.8 Å². The van der Waals surface area contributed by atoms with Crippen molar-refractivity contribution in [2.45, 2.75) is 65.5 Å². The maximum Gasteiger partial charge on any atom is 0.227 e. The van der Waals surface area contributed by atoms with Crippen molar-refractivity contribution in [3.63, 3.8) is 0 Å². The van der Waals surface area contributed by atoms with E-state index in [1.54, 1.807) is 14.2 Å². The third-order valence-electron chi connectivity index (χ3n) is 7.16. The molecule has 4 atom stereocenters. The molecule has 0 aliphatic heterocycles. The first kappa shape index (κ1) is 32.5. The molecule has 2 aromatic rings. The predicted molar refractivity (Wildman–Crippen MR) is 151 cm³/mol. The van der Waals surface area contributed by atoms with Crippen molar-refractivity contribution in [3.05, 3.63) is 48.0 Å². The number of nitrogens with one attached hydrogen (secondary N) is 1. The Kier molecular flexibility index (Phi) is 13.6. The Labute approximate surface area is 232 Å². The van der Waals surface area contributed by atoms with Crippen LogP contribution in [0, 0.1) is 29.5 Å². The van der Waals surface area contributed by atoms with Gasteiger partial charge in [-0.1, -0.05) is 33.8 Å². The van der Waals surface area contributed by atoms with E-state index in [0.29, 0.717) is 37.1 Å². The number of nitrogens with zero attached hydrogens (tertiary/aromatic N) is 1. The number of methoxy groups -OCH3 is 2. The van der Waals surface area contributed by atoms with Crippen molar-refractivity contribution in [2.24, 2.45) is 29.4 Å². The standard InChI is InChI=1S/C30H46FN3O5/c1-19(2)22(14-21-8-9-28(38-6)29(15-21)39-13-7-12-37-5)16-25(32)27(35)17-23(20(3)4)30(36)34-26-10-11-33-18-24(26)31/h8-11,15,18-20,22-23,25,27,35H,7,12-14,16-17,32H2,1-6H3,(H,33,34,36)/t22-,23-,25-,27-/m0/s1. The average Bonchev–Trinajstić information content (AvgIpc) is 2.90. The van der Waals surface area contributed by atoms with Crippen LogP contribution in [-0.2, 0) is 16.0 Å². The van der Waals surface area contributed by atoms with Crippen molar-refractivity contribution in [3.8, 4) is 11.5 Å². The first-order valence-corrected chi connectivity index (χ1v) is 13.7. The van der Waals surface area contributed by atoms with E-state index in [9.17, 15) is 14.3 Å². The molecule has 0 spiro atoms. The molecule has 0 saturated heterocycles. The minimum absolute atomic E-state index is 0.0701. The average molecular weight is 548 g/mol. The molecule has 0 aliphatic carbocycles. The van der Waals surface area contributed by atoms with Gasteiger partial charge in [-0.15, -0.1) is 0 Å². The summed E-state index contributed by atoms with van der Waals surface area (Å²) in [6.07, 6.45) is 3.88. The largest absolute Gasteiger partial charge is 0.493 e. The minimum atomic E-state index is -0.887. The Morgan fingerprint density at radius 2 is 1.82 bits per heavy atom. The first-order valence-electron chi connectivity index (χ1n) is 13.7. The number of halogens is 1. The van der Waals surface area contributed by atoms with Crippen LogP contribution >= 0.6 is 0 Å². The molecule has 0 radical (unpaired) electrons. The summed E-state index contributed by atoms with van der Waals surface area (Å²) in [5.41, 5.74) is 7.66. The number of amides is 1. The second kappa shape index (κ2) is 16.4. The number of aliphatic hydroxyl groups is 1. The Bertz CT molecular complexity index is 1020. The molecule has 0 bridgehead atoms. The topological polar surface area (TPSA) is 116 Å². The highest BCUT2D eigenvalue weighted by molar-refractivity contribution is 5.92. The van der Waals surface area contributed by atoms with Crippen molar-refractivity contribution >= 4 is 11.6 Å². The maximum atomic E-state index is 14.0. The number of aromatic nitrogens is 1. The number of aliphatic hydroxyl groups excluding tert-OH is 1. The van der Waals surface area contributed by atoms with Crippen LogP contribution < -0.4 is 20.5 Å². The number of ether oxygens (including phenoxy) is 3. The lowest BCUT2D eigenvalue weighted by atomic mass is 9.81. The Morgan fingerprint density at radius 1 is 1.08 bits per heavy atom. The quantitative estimate of drug-likeness (QED) is 0.243. The monoisotopic (exact) mass is 547 g/mol. The molecule has 1 heterocycles. The number of carbonyl (C=O) groups excluding carboxylic acids is 1. The summed E-state index contributed by atoms with van der Waals surface area (Å²) < 4.78 is 30.5. The zero-order chi connectivity index (χ0) is 28.9. The van der Waals surface area contributed by atoms with Crippen molar-refractivity contribution < 1.29 is 28.5 Å². The molecule has 0 saturated carbocycles. The molecule has 2 rings (SSSR count). The molecule has 8 nitrogen and oxygen atoms in total. The molecule has 0 fully saturated rings. The molecule has 1 aromatic heterocycles. The fraction of sp³-hybridized carbons (Fsp3) is 0.600. The fourth-order valence-corrected chi connectivity index (χ4v) is 4.57. The highest BCUT2D eigenvalue weighted by atomic mass is 19.1. The van der Waals surface area contributed by atoms with Gasteiger partial charge in [0.1, 0.15) is 0 Å². The molecule has 1 amide bonds. The smallest absolute Gasteiger partial charge is 0.227 e. The summed E-state index contributed by atoms with van der Waals surface area (Å²) in [5, 5.41) is 13.6. The van der Waals surface area contributed by atoms with E-state index in [1.807, 2.05) is 32.0 Å². The number of carbonyl (C=O) groups is 1. The lowest BCUT2D eigenvalue weighted by Crippen LogP contribution is -2.41. The number of hydrogen-bond donors (Lipinski definition) is 3. The van der Waals surface area contributed by atoms with Gasteiger partial charge in [0.15, 0.2) is 17.3 Å². The van der Waals surface area contributed by atoms with Gasteiger partial charge < -0.3 is 30.4 Å². The number of rotatable bonds is 17. The van der Waals surface area contributed by atoms with Crippen molar-refractivity contribution in [2.75, 3.05) is 32.8 Å². The highest BCUT2D eigenvalue weighted by Crippen LogP contribution is 2.32. The molecule has 39 heavy (non-hydrogen) atoms. The minimum Gasteiger partial charge on any atom is -0.493 e. The SMILES string of the molecule is COCCCOc1cc(C[C@@H](C[C@H](N)[C@@H](O)C[C@H](C(=O)Nc2ccncc2F)C(C)C)C(C)C)ccc1OC. The van der Waals surface area contributed by atoms with E-state index in [0.717, 1.165) is 24.6 Å². The normalized spacial score (nSPS) is 14.6. The fourth-order valence-electron chi connectivity index (χ4n) is 4.57. The van der Waals surface area contributed by atoms with Crippen molar-refractivity contribution in [1.82, 2.24) is 4.98 Å². The molecule has 9 heteroatoms. The van der Waals surface area contributed by atoms with E-state index in [1.165, 1.54) is 12.3 Å². The third kappa shape index (κ3) is 10.4. The first-order chi connectivity index (χ1) is 18.6. The lowest BCUT2D eigenvalue weighted by Gasteiger charge is -2.30. The highest BCUT2D eigenvalue weighted by Gasteiger charge is 2.30. The summed E-state index contributed by atoms with van der Waals surface area (Å²) in [5.74, 6) is 0.320. The zero-order valence-electron chi connectivity index (χ0n) is 24.2. The Hall–Kier alpha value is -2.75. The number of anilines is 1. The van der Waals surface area contributed by atoms with Crippen LogP contribution in [0.4, 0.5) is 10.1 Å². The predicted octanol–water partition coefficient (Wildman–Crippen LogP) is 4.84. The number of hydrogen-bond acceptors (Lipinski definition) is 7. The second-order valence-corrected chi connectivity index (χ2v) is 10.8. The van der Waals surface area contributed by atoms with Crippen LogP contribution in [0.2, 0.25) is 0 Å². The van der Waals surface area contributed by atoms with Crippen LogP contribution in [0.15, 0.2) is 36.7 Å². The van der Waals surface area contributed by atoms with E-state index < -0.39 is 23.9 Å². The second-order valence-electron chi connectivity index (χ2n) is 10.8. The summed E-state index contributed by atoms with van der Waals surface area (Å²) in [6.45, 7) is 9.24. The van der Waals surface area contributed by atoms with Crippen LogP contribution in [0.5, 0.6) is 11.5 Å². The van der Waals surface area contributed by atoms with Gasteiger partial charge >= 0.3 is 0 Å². The van der Waals surface area contributed by atoms with Gasteiger partial charge in [0.05, 0.1) is 31.7 Å². The van der Waals surface area contributed by atoms with E-state index in [4.69, 9.17) is 19.9 Å². The zero-order valence-corrected chi connectivity index (χ0v) is 24.2. The maximum absolute atomic E-state index is 14.0. The van der Waals surface area contributed by atoms with Crippen LogP contribution in [0.3, 0.4) is 0 Å². The molecular formula is C30H46FN3O5. The van der Waals surface area contributed by atoms with E-state index in [-0.39, 0.29) is 29.9 Å². The van der Waals surface area contributed by atoms with Crippen molar-refractivity contribution in [1.29, 1.82) is 0 Å². The summed E-state index contributed by atoms with van der Waals surface area (Å²) in [7, 11) is 3.28. The number of nitrogens with two attached hydrogens (primary N) is 1. The third-order valence-corrected chi connectivity index (χ3v) is 7.16. The van der Waals surface area contributed by atoms with Crippen LogP contribution in [0.25, 0.3) is 0 Å². The van der Waals surface area contributed by atoms with Gasteiger partial charge in [-0.2, -0.15) is 0 Å². The van der Waals surface area contributed by atoms with Gasteiger partial charge in [0.25, 0.3) is 0 Å².